The van der Waals surface area contributed by atoms with Crippen molar-refractivity contribution in [2.45, 2.75) is 32.7 Å². The Labute approximate surface area is 100 Å². The third kappa shape index (κ3) is 4.72. The molecule has 1 unspecified atom stereocenters. The van der Waals surface area contributed by atoms with Gasteiger partial charge in [-0.25, -0.2) is 4.98 Å². The first-order valence-electron chi connectivity index (χ1n) is 5.62. The predicted octanol–water partition coefficient (Wildman–Crippen LogP) is 1.71. The monoisotopic (exact) mass is 241 g/mol. The second-order valence-electron chi connectivity index (χ2n) is 3.69. The lowest BCUT2D eigenvalue weighted by Gasteiger charge is -2.11. The minimum absolute atomic E-state index is 0.111. The smallest absolute Gasteiger partial charge is 0.221 e. The number of hydrogen-bond donors (Lipinski definition) is 2. The van der Waals surface area contributed by atoms with E-state index in [1.54, 1.807) is 11.3 Å². The second-order valence-corrected chi connectivity index (χ2v) is 4.41. The van der Waals surface area contributed by atoms with Crippen molar-refractivity contribution < 1.29 is 4.79 Å². The van der Waals surface area contributed by atoms with Crippen LogP contribution in [0.25, 0.3) is 0 Å². The quantitative estimate of drug-likeness (QED) is 0.764. The molecule has 0 aliphatic carbocycles. The van der Waals surface area contributed by atoms with E-state index >= 15 is 0 Å². The van der Waals surface area contributed by atoms with Crippen LogP contribution in [0.5, 0.6) is 0 Å². The molecule has 1 rings (SSSR count). The lowest BCUT2D eigenvalue weighted by Crippen LogP contribution is -2.29. The molecule has 0 saturated carbocycles. The molecule has 1 atom stereocenters. The molecule has 16 heavy (non-hydrogen) atoms. The van der Waals surface area contributed by atoms with Gasteiger partial charge in [-0.05, 0) is 13.3 Å². The summed E-state index contributed by atoms with van der Waals surface area (Å²) in [7, 11) is 0. The van der Waals surface area contributed by atoms with Gasteiger partial charge >= 0.3 is 0 Å². The number of carbonyl (C=O) groups excluding carboxylic acids is 1. The molecular formula is C11H19N3OS. The summed E-state index contributed by atoms with van der Waals surface area (Å²) in [6.45, 7) is 5.55. The van der Waals surface area contributed by atoms with Crippen molar-refractivity contribution in [3.8, 4) is 0 Å². The Hall–Kier alpha value is -0.940. The number of aromatic nitrogens is 1. The maximum Gasteiger partial charge on any atom is 0.221 e. The van der Waals surface area contributed by atoms with Gasteiger partial charge in [-0.15, -0.1) is 11.3 Å². The highest BCUT2D eigenvalue weighted by Gasteiger charge is 2.07. The Morgan fingerprint density at radius 2 is 2.38 bits per heavy atom. The van der Waals surface area contributed by atoms with Gasteiger partial charge in [-0.1, -0.05) is 6.92 Å². The van der Waals surface area contributed by atoms with E-state index in [0.29, 0.717) is 13.0 Å². The standard InChI is InChI=1S/C11H19N3OS/c1-3-5-13-11(15)4-6-12-9(2)10-7-16-8-14-10/h7-9,12H,3-6H2,1-2H3,(H,13,15). The van der Waals surface area contributed by atoms with Crippen LogP contribution in [0.15, 0.2) is 10.9 Å². The molecule has 4 nitrogen and oxygen atoms in total. The summed E-state index contributed by atoms with van der Waals surface area (Å²) >= 11 is 1.59. The molecule has 5 heteroatoms. The maximum absolute atomic E-state index is 11.3. The molecule has 0 aliphatic rings. The van der Waals surface area contributed by atoms with Crippen molar-refractivity contribution in [1.29, 1.82) is 0 Å². The molecule has 0 radical (unpaired) electrons. The molecule has 0 aromatic carbocycles. The number of nitrogens with zero attached hydrogens (tertiary/aromatic N) is 1. The van der Waals surface area contributed by atoms with Crippen molar-refractivity contribution in [1.82, 2.24) is 15.6 Å². The highest BCUT2D eigenvalue weighted by Crippen LogP contribution is 2.11. The van der Waals surface area contributed by atoms with E-state index in [9.17, 15) is 4.79 Å². The van der Waals surface area contributed by atoms with Gasteiger partial charge in [0.1, 0.15) is 0 Å². The van der Waals surface area contributed by atoms with E-state index in [2.05, 4.69) is 22.5 Å². The zero-order chi connectivity index (χ0) is 11.8. The molecule has 0 saturated heterocycles. The minimum Gasteiger partial charge on any atom is -0.356 e. The van der Waals surface area contributed by atoms with Crippen LogP contribution in [0.4, 0.5) is 0 Å². The average molecular weight is 241 g/mol. The Morgan fingerprint density at radius 1 is 1.56 bits per heavy atom. The van der Waals surface area contributed by atoms with Gasteiger partial charge in [0.2, 0.25) is 5.91 Å². The molecule has 1 amide bonds. The fraction of sp³-hybridized carbons (Fsp3) is 0.636. The first kappa shape index (κ1) is 13.1. The normalized spacial score (nSPS) is 12.4. The summed E-state index contributed by atoms with van der Waals surface area (Å²) in [5, 5.41) is 8.15. The Bertz CT molecular complexity index is 300. The molecule has 0 aliphatic heterocycles. The molecule has 90 valence electrons. The Balaban J connectivity index is 2.13. The second kappa shape index (κ2) is 7.35. The third-order valence-electron chi connectivity index (χ3n) is 2.27. The lowest BCUT2D eigenvalue weighted by atomic mass is 10.2. The van der Waals surface area contributed by atoms with Gasteiger partial charge in [0, 0.05) is 30.9 Å². The van der Waals surface area contributed by atoms with Gasteiger partial charge in [-0.3, -0.25) is 4.79 Å². The fourth-order valence-electron chi connectivity index (χ4n) is 1.30. The Kier molecular flexibility index (Phi) is 6.03. The molecule has 0 bridgehead atoms. The first-order chi connectivity index (χ1) is 7.74. The van der Waals surface area contributed by atoms with Crippen LogP contribution in [0, 0.1) is 0 Å². The summed E-state index contributed by atoms with van der Waals surface area (Å²) < 4.78 is 0. The third-order valence-corrected chi connectivity index (χ3v) is 2.87. The average Bonchev–Trinajstić information content (AvgIpc) is 2.79. The van der Waals surface area contributed by atoms with Crippen LogP contribution in [-0.4, -0.2) is 24.0 Å². The van der Waals surface area contributed by atoms with E-state index in [-0.39, 0.29) is 11.9 Å². The first-order valence-corrected chi connectivity index (χ1v) is 6.56. The van der Waals surface area contributed by atoms with Crippen LogP contribution in [0.3, 0.4) is 0 Å². The predicted molar refractivity (Wildman–Crippen MR) is 66.4 cm³/mol. The van der Waals surface area contributed by atoms with Gasteiger partial charge < -0.3 is 10.6 Å². The van der Waals surface area contributed by atoms with E-state index in [0.717, 1.165) is 18.7 Å². The summed E-state index contributed by atoms with van der Waals surface area (Å²) in [6, 6.07) is 0.213. The number of rotatable bonds is 7. The number of nitrogens with one attached hydrogen (secondary N) is 2. The van der Waals surface area contributed by atoms with Crippen molar-refractivity contribution >= 4 is 17.2 Å². The van der Waals surface area contributed by atoms with Crippen molar-refractivity contribution in [2.24, 2.45) is 0 Å². The SMILES string of the molecule is CCCNC(=O)CCNC(C)c1cscn1. The number of amides is 1. The van der Waals surface area contributed by atoms with Crippen molar-refractivity contribution in [2.75, 3.05) is 13.1 Å². The van der Waals surface area contributed by atoms with E-state index < -0.39 is 0 Å². The summed E-state index contributed by atoms with van der Waals surface area (Å²) in [4.78, 5) is 15.5. The Morgan fingerprint density at radius 3 is 3.00 bits per heavy atom. The molecule has 2 N–H and O–H groups in total. The highest BCUT2D eigenvalue weighted by atomic mass is 32.1. The zero-order valence-corrected chi connectivity index (χ0v) is 10.6. The molecule has 1 aromatic rings. The molecular weight excluding hydrogens is 222 g/mol. The summed E-state index contributed by atoms with van der Waals surface area (Å²) in [5.41, 5.74) is 2.86. The van der Waals surface area contributed by atoms with Crippen molar-refractivity contribution in [3.05, 3.63) is 16.6 Å². The van der Waals surface area contributed by atoms with Crippen LogP contribution in [0.2, 0.25) is 0 Å². The fourth-order valence-corrected chi connectivity index (χ4v) is 1.94. The van der Waals surface area contributed by atoms with E-state index in [1.165, 1.54) is 0 Å². The van der Waals surface area contributed by atoms with Gasteiger partial charge in [0.25, 0.3) is 0 Å². The van der Waals surface area contributed by atoms with Gasteiger partial charge in [-0.2, -0.15) is 0 Å². The lowest BCUT2D eigenvalue weighted by molar-refractivity contribution is -0.121. The molecule has 1 aromatic heterocycles. The van der Waals surface area contributed by atoms with Gasteiger partial charge in [0.05, 0.1) is 11.2 Å². The van der Waals surface area contributed by atoms with Crippen LogP contribution in [-0.2, 0) is 4.79 Å². The van der Waals surface area contributed by atoms with E-state index in [4.69, 9.17) is 0 Å². The van der Waals surface area contributed by atoms with Crippen LogP contribution < -0.4 is 10.6 Å². The number of carbonyl (C=O) groups is 1. The molecule has 1 heterocycles. The summed E-state index contributed by atoms with van der Waals surface area (Å²) in [6.07, 6.45) is 1.50. The topological polar surface area (TPSA) is 54.0 Å². The zero-order valence-electron chi connectivity index (χ0n) is 9.82. The maximum atomic E-state index is 11.3. The highest BCUT2D eigenvalue weighted by molar-refractivity contribution is 7.07. The van der Waals surface area contributed by atoms with Gasteiger partial charge in [0.15, 0.2) is 0 Å². The summed E-state index contributed by atoms with van der Waals surface area (Å²) in [5.74, 6) is 0.111. The number of hydrogen-bond acceptors (Lipinski definition) is 4. The van der Waals surface area contributed by atoms with Crippen molar-refractivity contribution in [3.63, 3.8) is 0 Å². The molecule has 0 spiro atoms. The number of thiazole rings is 1. The minimum atomic E-state index is 0.111. The van der Waals surface area contributed by atoms with E-state index in [1.807, 2.05) is 17.8 Å². The van der Waals surface area contributed by atoms with Crippen LogP contribution >= 0.6 is 11.3 Å². The molecule has 0 fully saturated rings. The van der Waals surface area contributed by atoms with Crippen LogP contribution in [0.1, 0.15) is 38.4 Å². The largest absolute Gasteiger partial charge is 0.356 e.